The molecule has 0 saturated carbocycles. The molecular formula is C18H16Cl3N3O2. The summed E-state index contributed by atoms with van der Waals surface area (Å²) in [4.78, 5) is 16.9. The van der Waals surface area contributed by atoms with Crippen LogP contribution >= 0.6 is 34.8 Å². The number of rotatable bonds is 5. The van der Waals surface area contributed by atoms with E-state index in [0.29, 0.717) is 19.5 Å². The molecule has 0 spiro atoms. The Kier molecular flexibility index (Phi) is 5.61. The van der Waals surface area contributed by atoms with E-state index < -0.39 is 5.91 Å². The molecule has 3 rings (SSSR count). The molecule has 8 heteroatoms. The van der Waals surface area contributed by atoms with Gasteiger partial charge in [0.2, 0.25) is 0 Å². The molecule has 0 atom stereocenters. The molecule has 0 fully saturated rings. The average Bonchev–Trinajstić information content (AvgIpc) is 2.92. The lowest BCUT2D eigenvalue weighted by Crippen LogP contribution is -2.26. The van der Waals surface area contributed by atoms with Crippen LogP contribution in [0.15, 0.2) is 30.3 Å². The molecular weight excluding hydrogens is 397 g/mol. The molecule has 0 saturated heterocycles. The van der Waals surface area contributed by atoms with Crippen molar-refractivity contribution in [3.8, 4) is 5.75 Å². The maximum Gasteiger partial charge on any atom is 0.256 e. The second-order valence-corrected chi connectivity index (χ2v) is 6.98. The van der Waals surface area contributed by atoms with Crippen LogP contribution in [-0.2, 0) is 6.54 Å². The number of hydrogen-bond acceptors (Lipinski definition) is 3. The zero-order chi connectivity index (χ0) is 18.8. The number of amides is 1. The lowest BCUT2D eigenvalue weighted by Gasteiger charge is -2.11. The van der Waals surface area contributed by atoms with Crippen molar-refractivity contribution in [1.29, 1.82) is 0 Å². The van der Waals surface area contributed by atoms with Gasteiger partial charge >= 0.3 is 0 Å². The molecule has 0 bridgehead atoms. The number of para-hydroxylation sites is 2. The van der Waals surface area contributed by atoms with Crippen molar-refractivity contribution < 1.29 is 9.90 Å². The third kappa shape index (κ3) is 3.61. The Morgan fingerprint density at radius 2 is 1.96 bits per heavy atom. The van der Waals surface area contributed by atoms with Gasteiger partial charge in [0.1, 0.15) is 17.1 Å². The zero-order valence-electron chi connectivity index (χ0n) is 13.9. The summed E-state index contributed by atoms with van der Waals surface area (Å²) in [5.41, 5.74) is 1.88. The van der Waals surface area contributed by atoms with E-state index in [1.54, 1.807) is 0 Å². The predicted molar refractivity (Wildman–Crippen MR) is 105 cm³/mol. The number of fused-ring (bicyclic) bond motifs is 1. The highest BCUT2D eigenvalue weighted by Gasteiger charge is 2.20. The molecule has 0 aliphatic rings. The van der Waals surface area contributed by atoms with Gasteiger partial charge in [-0.05, 0) is 31.5 Å². The normalized spacial score (nSPS) is 11.1. The fourth-order valence-electron chi connectivity index (χ4n) is 2.80. The third-order valence-corrected chi connectivity index (χ3v) is 5.14. The van der Waals surface area contributed by atoms with Crippen LogP contribution in [0.25, 0.3) is 11.0 Å². The number of halogens is 3. The number of phenols is 1. The summed E-state index contributed by atoms with van der Waals surface area (Å²) in [5, 5.41) is 12.8. The fraction of sp³-hybridized carbons (Fsp3) is 0.222. The Labute approximate surface area is 165 Å². The van der Waals surface area contributed by atoms with Crippen LogP contribution in [0.4, 0.5) is 0 Å². The number of carbonyl (C=O) groups excluding carboxylic acids is 1. The van der Waals surface area contributed by atoms with Crippen molar-refractivity contribution in [3.05, 3.63) is 56.8 Å². The van der Waals surface area contributed by atoms with Gasteiger partial charge in [-0.2, -0.15) is 0 Å². The van der Waals surface area contributed by atoms with Crippen molar-refractivity contribution in [1.82, 2.24) is 14.9 Å². The molecule has 1 aromatic heterocycles. The van der Waals surface area contributed by atoms with Gasteiger partial charge in [0.25, 0.3) is 5.91 Å². The molecule has 2 N–H and O–H groups in total. The maximum atomic E-state index is 12.3. The maximum absolute atomic E-state index is 12.3. The van der Waals surface area contributed by atoms with E-state index in [1.165, 1.54) is 6.07 Å². The number of carbonyl (C=O) groups is 1. The summed E-state index contributed by atoms with van der Waals surface area (Å²) >= 11 is 17.8. The molecule has 0 radical (unpaired) electrons. The van der Waals surface area contributed by atoms with Gasteiger partial charge in [-0.25, -0.2) is 4.98 Å². The van der Waals surface area contributed by atoms with Crippen LogP contribution in [0.1, 0.15) is 22.6 Å². The van der Waals surface area contributed by atoms with Gasteiger partial charge in [-0.15, -0.1) is 0 Å². The van der Waals surface area contributed by atoms with E-state index in [0.717, 1.165) is 16.9 Å². The van der Waals surface area contributed by atoms with Crippen LogP contribution in [0.2, 0.25) is 15.1 Å². The van der Waals surface area contributed by atoms with Crippen LogP contribution in [0.5, 0.6) is 5.75 Å². The fourth-order valence-corrected chi connectivity index (χ4v) is 3.49. The molecule has 3 aromatic rings. The van der Waals surface area contributed by atoms with Crippen LogP contribution in [0.3, 0.4) is 0 Å². The molecule has 1 amide bonds. The first kappa shape index (κ1) is 18.8. The van der Waals surface area contributed by atoms with E-state index in [9.17, 15) is 9.90 Å². The minimum Gasteiger partial charge on any atom is -0.505 e. The van der Waals surface area contributed by atoms with E-state index in [4.69, 9.17) is 34.8 Å². The Hall–Kier alpha value is -1.95. The largest absolute Gasteiger partial charge is 0.505 e. The number of aromatic nitrogens is 2. The topological polar surface area (TPSA) is 67.2 Å². The number of phenolic OH excluding ortho intramolecular Hbond substituents is 1. The highest BCUT2D eigenvalue weighted by atomic mass is 35.5. The second kappa shape index (κ2) is 7.74. The monoisotopic (exact) mass is 411 g/mol. The summed E-state index contributed by atoms with van der Waals surface area (Å²) < 4.78 is 2.10. The number of nitrogens with one attached hydrogen (secondary N) is 1. The third-order valence-electron chi connectivity index (χ3n) is 4.06. The minimum absolute atomic E-state index is 0.0231. The summed E-state index contributed by atoms with van der Waals surface area (Å²) in [7, 11) is 0. The lowest BCUT2D eigenvalue weighted by molar-refractivity contribution is 0.0950. The van der Waals surface area contributed by atoms with Gasteiger partial charge < -0.3 is 15.0 Å². The van der Waals surface area contributed by atoms with Gasteiger partial charge in [0, 0.05) is 13.1 Å². The van der Waals surface area contributed by atoms with Crippen LogP contribution in [0, 0.1) is 6.92 Å². The number of nitrogens with zero attached hydrogens (tertiary/aromatic N) is 2. The number of imidazole rings is 1. The predicted octanol–water partition coefficient (Wildman–Crippen LogP) is 4.83. The molecule has 0 unspecified atom stereocenters. The quantitative estimate of drug-likeness (QED) is 0.466. The average molecular weight is 413 g/mol. The van der Waals surface area contributed by atoms with Crippen molar-refractivity contribution in [2.24, 2.45) is 0 Å². The van der Waals surface area contributed by atoms with Gasteiger partial charge in [-0.3, -0.25) is 4.79 Å². The lowest BCUT2D eigenvalue weighted by atomic mass is 10.2. The van der Waals surface area contributed by atoms with Crippen molar-refractivity contribution in [2.75, 3.05) is 6.54 Å². The zero-order valence-corrected chi connectivity index (χ0v) is 16.2. The van der Waals surface area contributed by atoms with E-state index in [1.807, 2.05) is 31.2 Å². The minimum atomic E-state index is -0.524. The van der Waals surface area contributed by atoms with Crippen LogP contribution in [-0.4, -0.2) is 27.1 Å². The van der Waals surface area contributed by atoms with E-state index in [-0.39, 0.29) is 26.4 Å². The highest BCUT2D eigenvalue weighted by molar-refractivity contribution is 6.45. The molecule has 5 nitrogen and oxygen atoms in total. The van der Waals surface area contributed by atoms with Crippen molar-refractivity contribution in [3.63, 3.8) is 0 Å². The van der Waals surface area contributed by atoms with E-state index >= 15 is 0 Å². The number of aryl methyl sites for hydroxylation is 2. The Balaban J connectivity index is 1.65. The highest BCUT2D eigenvalue weighted by Crippen LogP contribution is 2.38. The molecule has 0 aliphatic carbocycles. The first-order valence-electron chi connectivity index (χ1n) is 7.96. The summed E-state index contributed by atoms with van der Waals surface area (Å²) in [6.07, 6.45) is 0.680. The standard InChI is InChI=1S/C18H16Cl3N3O2/c1-10-23-13-5-2-3-6-14(13)24(10)8-4-7-22-18(26)15-16(21)11(19)9-12(20)17(15)25/h2-3,5-6,9,25H,4,7-8H2,1H3,(H,22,26). The number of hydrogen-bond donors (Lipinski definition) is 2. The number of benzene rings is 2. The first-order valence-corrected chi connectivity index (χ1v) is 9.10. The Bertz CT molecular complexity index is 959. The van der Waals surface area contributed by atoms with Crippen molar-refractivity contribution in [2.45, 2.75) is 19.9 Å². The molecule has 1 heterocycles. The Morgan fingerprint density at radius 1 is 1.23 bits per heavy atom. The first-order chi connectivity index (χ1) is 12.4. The van der Waals surface area contributed by atoms with Gasteiger partial charge in [0.15, 0.2) is 0 Å². The van der Waals surface area contributed by atoms with Gasteiger partial charge in [0.05, 0.1) is 26.1 Å². The SMILES string of the molecule is Cc1nc2ccccc2n1CCCNC(=O)c1c(O)c(Cl)cc(Cl)c1Cl. The molecule has 136 valence electrons. The van der Waals surface area contributed by atoms with E-state index in [2.05, 4.69) is 14.9 Å². The summed E-state index contributed by atoms with van der Waals surface area (Å²) in [6.45, 7) is 3.04. The second-order valence-electron chi connectivity index (χ2n) is 5.79. The Morgan fingerprint density at radius 3 is 2.73 bits per heavy atom. The summed E-state index contributed by atoms with van der Waals surface area (Å²) in [5.74, 6) is 0.0129. The molecule has 26 heavy (non-hydrogen) atoms. The van der Waals surface area contributed by atoms with Crippen molar-refractivity contribution >= 4 is 51.7 Å². The summed E-state index contributed by atoms with van der Waals surface area (Å²) in [6, 6.07) is 9.19. The molecule has 2 aromatic carbocycles. The number of aromatic hydroxyl groups is 1. The molecule has 0 aliphatic heterocycles. The van der Waals surface area contributed by atoms with Gasteiger partial charge in [-0.1, -0.05) is 46.9 Å². The smallest absolute Gasteiger partial charge is 0.256 e. The van der Waals surface area contributed by atoms with Crippen LogP contribution < -0.4 is 5.32 Å².